The van der Waals surface area contributed by atoms with Gasteiger partial charge in [0.25, 0.3) is 0 Å². The summed E-state index contributed by atoms with van der Waals surface area (Å²) in [6.07, 6.45) is 4.67. The summed E-state index contributed by atoms with van der Waals surface area (Å²) in [5.41, 5.74) is -0.0932. The number of rotatable bonds is 7. The molecule has 0 saturated carbocycles. The highest BCUT2D eigenvalue weighted by Gasteiger charge is 2.25. The molecule has 1 amide bonds. The largest absolute Gasteiger partial charge is 0.350 e. The molecule has 0 radical (unpaired) electrons. The van der Waals surface area contributed by atoms with E-state index in [1.165, 1.54) is 19.3 Å². The van der Waals surface area contributed by atoms with E-state index in [9.17, 15) is 4.79 Å². The van der Waals surface area contributed by atoms with Gasteiger partial charge >= 0.3 is 0 Å². The van der Waals surface area contributed by atoms with Gasteiger partial charge in [0.1, 0.15) is 0 Å². The first-order valence-corrected chi connectivity index (χ1v) is 7.74. The molecule has 0 aromatic rings. The number of piperidine rings is 1. The second kappa shape index (κ2) is 7.85. The monoisotopic (exact) mass is 269 g/mol. The van der Waals surface area contributed by atoms with Crippen LogP contribution in [0.4, 0.5) is 0 Å². The van der Waals surface area contributed by atoms with Crippen molar-refractivity contribution in [2.45, 2.75) is 65.0 Å². The van der Waals surface area contributed by atoms with Crippen LogP contribution in [0.2, 0.25) is 0 Å². The Kier molecular flexibility index (Phi) is 6.80. The molecule has 1 saturated heterocycles. The maximum Gasteiger partial charge on any atom is 0.234 e. The summed E-state index contributed by atoms with van der Waals surface area (Å²) < 4.78 is 0. The van der Waals surface area contributed by atoms with Crippen molar-refractivity contribution in [3.63, 3.8) is 0 Å². The lowest BCUT2D eigenvalue weighted by molar-refractivity contribution is -0.124. The van der Waals surface area contributed by atoms with Gasteiger partial charge in [-0.05, 0) is 46.2 Å². The summed E-state index contributed by atoms with van der Waals surface area (Å²) in [4.78, 5) is 14.5. The molecule has 1 unspecified atom stereocenters. The smallest absolute Gasteiger partial charge is 0.234 e. The zero-order chi connectivity index (χ0) is 14.3. The van der Waals surface area contributed by atoms with Crippen LogP contribution in [-0.2, 0) is 4.79 Å². The predicted molar refractivity (Wildman–Crippen MR) is 80.3 cm³/mol. The molecule has 0 aliphatic carbocycles. The zero-order valence-electron chi connectivity index (χ0n) is 13.1. The van der Waals surface area contributed by atoms with Gasteiger partial charge in [0.2, 0.25) is 5.91 Å². The number of hydrogen-bond acceptors (Lipinski definition) is 3. The summed E-state index contributed by atoms with van der Waals surface area (Å²) in [5, 5.41) is 6.54. The third kappa shape index (κ3) is 5.91. The van der Waals surface area contributed by atoms with Crippen LogP contribution in [0.15, 0.2) is 0 Å². The molecule has 0 aromatic heterocycles. The molecular formula is C15H31N3O. The number of likely N-dealkylation sites (N-methyl/N-ethyl adjacent to an activating group) is 1. The van der Waals surface area contributed by atoms with E-state index in [2.05, 4.69) is 43.2 Å². The third-order valence-corrected chi connectivity index (χ3v) is 4.09. The second-order valence-corrected chi connectivity index (χ2v) is 6.21. The van der Waals surface area contributed by atoms with Crippen LogP contribution in [0.5, 0.6) is 0 Å². The van der Waals surface area contributed by atoms with Crippen molar-refractivity contribution < 1.29 is 4.79 Å². The first-order chi connectivity index (χ1) is 8.98. The van der Waals surface area contributed by atoms with Gasteiger partial charge in [-0.25, -0.2) is 0 Å². The Hall–Kier alpha value is -0.610. The molecule has 1 heterocycles. The molecule has 0 spiro atoms. The summed E-state index contributed by atoms with van der Waals surface area (Å²) in [6.45, 7) is 12.0. The molecule has 1 aliphatic rings. The van der Waals surface area contributed by atoms with Crippen molar-refractivity contribution in [1.29, 1.82) is 0 Å². The van der Waals surface area contributed by atoms with Crippen LogP contribution >= 0.6 is 0 Å². The van der Waals surface area contributed by atoms with Crippen LogP contribution < -0.4 is 10.6 Å². The predicted octanol–water partition coefficient (Wildman–Crippen LogP) is 1.76. The van der Waals surface area contributed by atoms with Crippen molar-refractivity contribution in [3.8, 4) is 0 Å². The van der Waals surface area contributed by atoms with Gasteiger partial charge in [0.15, 0.2) is 0 Å². The number of carbonyl (C=O) groups is 1. The minimum absolute atomic E-state index is 0.0932. The average molecular weight is 269 g/mol. The van der Waals surface area contributed by atoms with Crippen LogP contribution in [0.25, 0.3) is 0 Å². The van der Waals surface area contributed by atoms with E-state index in [1.807, 2.05) is 0 Å². The van der Waals surface area contributed by atoms with Crippen molar-refractivity contribution in [1.82, 2.24) is 15.5 Å². The lowest BCUT2D eigenvalue weighted by atomic mass is 10.0. The Bertz CT molecular complexity index is 279. The molecule has 0 aromatic carbocycles. The number of likely N-dealkylation sites (tertiary alicyclic amines) is 1. The normalized spacial score (nSPS) is 21.4. The Morgan fingerprint density at radius 1 is 1.32 bits per heavy atom. The standard InChI is InChI=1S/C15H31N3O/c1-5-15(3,4)17-14(19)12-18-10-8-7-9-13(18)11-16-6-2/h13,16H,5-12H2,1-4H3,(H,17,19). The van der Waals surface area contributed by atoms with Crippen LogP contribution in [0.1, 0.15) is 53.4 Å². The summed E-state index contributed by atoms with van der Waals surface area (Å²) in [6, 6.07) is 0.518. The van der Waals surface area contributed by atoms with Gasteiger partial charge in [-0.15, -0.1) is 0 Å². The highest BCUT2D eigenvalue weighted by molar-refractivity contribution is 5.78. The van der Waals surface area contributed by atoms with E-state index < -0.39 is 0 Å². The van der Waals surface area contributed by atoms with Gasteiger partial charge in [-0.3, -0.25) is 9.69 Å². The number of nitrogens with one attached hydrogen (secondary N) is 2. The zero-order valence-corrected chi connectivity index (χ0v) is 13.1. The van der Waals surface area contributed by atoms with Crippen LogP contribution in [-0.4, -0.2) is 48.6 Å². The molecule has 19 heavy (non-hydrogen) atoms. The van der Waals surface area contributed by atoms with E-state index >= 15 is 0 Å². The van der Waals surface area contributed by atoms with E-state index in [0.717, 1.165) is 26.1 Å². The highest BCUT2D eigenvalue weighted by atomic mass is 16.2. The van der Waals surface area contributed by atoms with E-state index in [1.54, 1.807) is 0 Å². The first-order valence-electron chi connectivity index (χ1n) is 7.74. The summed E-state index contributed by atoms with van der Waals surface area (Å²) in [5.74, 6) is 0.162. The van der Waals surface area contributed by atoms with Crippen LogP contribution in [0, 0.1) is 0 Å². The first kappa shape index (κ1) is 16.4. The summed E-state index contributed by atoms with van der Waals surface area (Å²) in [7, 11) is 0. The molecular weight excluding hydrogens is 238 g/mol. The maximum atomic E-state index is 12.1. The van der Waals surface area contributed by atoms with E-state index in [0.29, 0.717) is 12.6 Å². The number of hydrogen-bond donors (Lipinski definition) is 2. The van der Waals surface area contributed by atoms with E-state index in [4.69, 9.17) is 0 Å². The topological polar surface area (TPSA) is 44.4 Å². The Balaban J connectivity index is 2.45. The average Bonchev–Trinajstić information content (AvgIpc) is 2.37. The fraction of sp³-hybridized carbons (Fsp3) is 0.933. The maximum absolute atomic E-state index is 12.1. The highest BCUT2D eigenvalue weighted by Crippen LogP contribution is 2.16. The molecule has 2 N–H and O–H groups in total. The SMILES string of the molecule is CCNCC1CCCCN1CC(=O)NC(C)(C)CC. The van der Waals surface area contributed by atoms with Crippen molar-refractivity contribution in [2.24, 2.45) is 0 Å². The second-order valence-electron chi connectivity index (χ2n) is 6.21. The van der Waals surface area contributed by atoms with E-state index in [-0.39, 0.29) is 11.4 Å². The number of amides is 1. The summed E-state index contributed by atoms with van der Waals surface area (Å²) >= 11 is 0. The fourth-order valence-corrected chi connectivity index (χ4v) is 2.50. The van der Waals surface area contributed by atoms with Crippen LogP contribution in [0.3, 0.4) is 0 Å². The molecule has 0 bridgehead atoms. The number of nitrogens with zero attached hydrogens (tertiary/aromatic N) is 1. The molecule has 4 nitrogen and oxygen atoms in total. The molecule has 1 rings (SSSR count). The van der Waals surface area contributed by atoms with Crippen molar-refractivity contribution >= 4 is 5.91 Å². The van der Waals surface area contributed by atoms with Gasteiger partial charge in [-0.2, -0.15) is 0 Å². The van der Waals surface area contributed by atoms with Gasteiger partial charge in [0, 0.05) is 18.1 Å². The minimum Gasteiger partial charge on any atom is -0.350 e. The Labute approximate surface area is 118 Å². The van der Waals surface area contributed by atoms with Gasteiger partial charge < -0.3 is 10.6 Å². The number of carbonyl (C=O) groups excluding carboxylic acids is 1. The molecule has 4 heteroatoms. The van der Waals surface area contributed by atoms with Gasteiger partial charge in [-0.1, -0.05) is 20.3 Å². The third-order valence-electron chi connectivity index (χ3n) is 4.09. The van der Waals surface area contributed by atoms with Gasteiger partial charge in [0.05, 0.1) is 6.54 Å². The molecule has 1 aliphatic heterocycles. The molecule has 1 fully saturated rings. The lowest BCUT2D eigenvalue weighted by Crippen LogP contribution is -2.52. The Morgan fingerprint density at radius 3 is 2.68 bits per heavy atom. The quantitative estimate of drug-likeness (QED) is 0.740. The Morgan fingerprint density at radius 2 is 2.05 bits per heavy atom. The van der Waals surface area contributed by atoms with Crippen molar-refractivity contribution in [2.75, 3.05) is 26.2 Å². The minimum atomic E-state index is -0.0932. The lowest BCUT2D eigenvalue weighted by Gasteiger charge is -2.36. The van der Waals surface area contributed by atoms with Crippen molar-refractivity contribution in [3.05, 3.63) is 0 Å². The molecule has 112 valence electrons. The molecule has 1 atom stereocenters. The fourth-order valence-electron chi connectivity index (χ4n) is 2.50.